The van der Waals surface area contributed by atoms with Crippen molar-refractivity contribution in [1.29, 1.82) is 0 Å². The Bertz CT molecular complexity index is 462. The van der Waals surface area contributed by atoms with E-state index in [-0.39, 0.29) is 0 Å². The van der Waals surface area contributed by atoms with Gasteiger partial charge in [-0.05, 0) is 37.1 Å². The van der Waals surface area contributed by atoms with E-state index in [4.69, 9.17) is 0 Å². The molecule has 1 heterocycles. The molecule has 1 saturated heterocycles. The lowest BCUT2D eigenvalue weighted by molar-refractivity contribution is -0.403. The summed E-state index contributed by atoms with van der Waals surface area (Å²) in [6, 6.07) is 6.16. The summed E-state index contributed by atoms with van der Waals surface area (Å²) < 4.78 is 0. The lowest BCUT2D eigenvalue weighted by atomic mass is 10.1. The van der Waals surface area contributed by atoms with Crippen LogP contribution in [0.3, 0.4) is 0 Å². The predicted molar refractivity (Wildman–Crippen MR) is 66.3 cm³/mol. The Hall–Kier alpha value is -2.04. The van der Waals surface area contributed by atoms with Crippen LogP contribution in [0.2, 0.25) is 0 Å². The Balaban J connectivity index is 2.35. The summed E-state index contributed by atoms with van der Waals surface area (Å²) in [5.41, 5.74) is 3.32. The van der Waals surface area contributed by atoms with Gasteiger partial charge in [0.15, 0.2) is 5.82 Å². The molecule has 1 aliphatic heterocycles. The summed E-state index contributed by atoms with van der Waals surface area (Å²) in [7, 11) is 0. The zero-order valence-corrected chi connectivity index (χ0v) is 9.93. The smallest absolute Gasteiger partial charge is 0.274 e. The van der Waals surface area contributed by atoms with Crippen LogP contribution in [-0.2, 0) is 0 Å². The van der Waals surface area contributed by atoms with Gasteiger partial charge in [-0.15, -0.1) is 0 Å². The first-order valence-corrected chi connectivity index (χ1v) is 5.51. The third-order valence-electron chi connectivity index (χ3n) is 2.68. The van der Waals surface area contributed by atoms with E-state index in [9.17, 15) is 10.1 Å². The number of aryl methyl sites for hydroxylation is 2. The highest BCUT2D eigenvalue weighted by Gasteiger charge is 2.21. The van der Waals surface area contributed by atoms with E-state index < -0.39 is 4.92 Å². The molecule has 0 atom stereocenters. The van der Waals surface area contributed by atoms with Crippen molar-refractivity contribution in [2.24, 2.45) is 0 Å². The molecule has 0 spiro atoms. The van der Waals surface area contributed by atoms with Crippen LogP contribution in [0.5, 0.6) is 0 Å². The average Bonchev–Trinajstić information content (AvgIpc) is 2.63. The summed E-state index contributed by atoms with van der Waals surface area (Å²) in [5.74, 6) is 0.556. The van der Waals surface area contributed by atoms with Crippen LogP contribution in [0, 0.1) is 24.0 Å². The van der Waals surface area contributed by atoms with Crippen LogP contribution in [0.4, 0.5) is 5.69 Å². The normalized spacial score (nSPS) is 17.3. The third kappa shape index (κ3) is 2.55. The highest BCUT2D eigenvalue weighted by molar-refractivity contribution is 5.56. The zero-order valence-electron chi connectivity index (χ0n) is 9.93. The van der Waals surface area contributed by atoms with Crippen LogP contribution < -0.4 is 10.2 Å². The van der Waals surface area contributed by atoms with Gasteiger partial charge in [0.25, 0.3) is 6.20 Å². The summed E-state index contributed by atoms with van der Waals surface area (Å²) in [5, 5.41) is 13.5. The van der Waals surface area contributed by atoms with E-state index in [0.29, 0.717) is 5.82 Å². The summed E-state index contributed by atoms with van der Waals surface area (Å²) >= 11 is 0. The average molecular weight is 233 g/mol. The fourth-order valence-corrected chi connectivity index (χ4v) is 2.10. The van der Waals surface area contributed by atoms with Crippen molar-refractivity contribution in [2.45, 2.75) is 13.8 Å². The van der Waals surface area contributed by atoms with E-state index in [1.165, 1.54) is 0 Å². The molecule has 2 rings (SSSR count). The van der Waals surface area contributed by atoms with Crippen molar-refractivity contribution < 1.29 is 4.92 Å². The number of nitrogens with zero attached hydrogens (tertiary/aromatic N) is 2. The van der Waals surface area contributed by atoms with Gasteiger partial charge < -0.3 is 10.2 Å². The van der Waals surface area contributed by atoms with Gasteiger partial charge >= 0.3 is 0 Å². The maximum absolute atomic E-state index is 10.5. The zero-order chi connectivity index (χ0) is 12.4. The predicted octanol–water partition coefficient (Wildman–Crippen LogP) is 1.79. The van der Waals surface area contributed by atoms with Crippen molar-refractivity contribution in [3.8, 4) is 0 Å². The van der Waals surface area contributed by atoms with Crippen LogP contribution in [-0.4, -0.2) is 18.0 Å². The minimum absolute atomic E-state index is 0.427. The molecule has 0 aliphatic carbocycles. The fraction of sp³-hybridized carbons (Fsp3) is 0.333. The van der Waals surface area contributed by atoms with Crippen LogP contribution >= 0.6 is 0 Å². The molecular formula is C12H15N3O2. The van der Waals surface area contributed by atoms with E-state index in [0.717, 1.165) is 36.1 Å². The highest BCUT2D eigenvalue weighted by atomic mass is 16.6. The molecule has 5 nitrogen and oxygen atoms in total. The molecule has 1 aliphatic rings. The maximum Gasteiger partial charge on any atom is 0.274 e. The number of anilines is 1. The molecule has 90 valence electrons. The first kappa shape index (κ1) is 11.4. The minimum atomic E-state index is -0.427. The van der Waals surface area contributed by atoms with Crippen molar-refractivity contribution in [3.63, 3.8) is 0 Å². The Kier molecular flexibility index (Phi) is 2.99. The molecule has 0 unspecified atom stereocenters. The van der Waals surface area contributed by atoms with Gasteiger partial charge in [-0.3, -0.25) is 10.1 Å². The Morgan fingerprint density at radius 2 is 2.00 bits per heavy atom. The quantitative estimate of drug-likeness (QED) is 0.625. The second-order valence-electron chi connectivity index (χ2n) is 4.22. The number of rotatable bonds is 2. The first-order chi connectivity index (χ1) is 8.06. The lowest BCUT2D eigenvalue weighted by Gasteiger charge is -2.18. The number of hydrogen-bond donors (Lipinski definition) is 1. The maximum atomic E-state index is 10.5. The molecule has 0 radical (unpaired) electrons. The molecule has 1 aromatic carbocycles. The fourth-order valence-electron chi connectivity index (χ4n) is 2.10. The largest absolute Gasteiger partial charge is 0.365 e. The van der Waals surface area contributed by atoms with Crippen LogP contribution in [0.25, 0.3) is 0 Å². The number of hydrogen-bond acceptors (Lipinski definition) is 4. The van der Waals surface area contributed by atoms with Gasteiger partial charge in [0, 0.05) is 18.8 Å². The van der Waals surface area contributed by atoms with Gasteiger partial charge in [-0.1, -0.05) is 6.07 Å². The molecule has 0 amide bonds. The van der Waals surface area contributed by atoms with E-state index in [1.807, 2.05) is 30.9 Å². The van der Waals surface area contributed by atoms with Crippen molar-refractivity contribution in [1.82, 2.24) is 5.32 Å². The topological polar surface area (TPSA) is 58.4 Å². The van der Waals surface area contributed by atoms with E-state index in [1.54, 1.807) is 0 Å². The second-order valence-corrected chi connectivity index (χ2v) is 4.22. The van der Waals surface area contributed by atoms with Gasteiger partial charge in [0.05, 0.1) is 4.92 Å². The molecule has 1 aromatic rings. The van der Waals surface area contributed by atoms with Gasteiger partial charge in [-0.2, -0.15) is 0 Å². The standard InChI is InChI=1S/C12H15N3O2/c1-9-5-10(2)7-11(6-9)14-4-3-13-12(14)8-15(16)17/h5-8,13H,3-4H2,1-2H3. The monoisotopic (exact) mass is 233 g/mol. The number of nitrogens with one attached hydrogen (secondary N) is 1. The number of benzene rings is 1. The lowest BCUT2D eigenvalue weighted by Crippen LogP contribution is -2.20. The Labute approximate surface area is 99.9 Å². The summed E-state index contributed by atoms with van der Waals surface area (Å²) in [6.07, 6.45) is 1.02. The summed E-state index contributed by atoms with van der Waals surface area (Å²) in [6.45, 7) is 5.53. The Morgan fingerprint density at radius 3 is 2.59 bits per heavy atom. The van der Waals surface area contributed by atoms with Crippen molar-refractivity contribution in [3.05, 3.63) is 51.5 Å². The SMILES string of the molecule is Cc1cc(C)cc(N2CCNC2=C[N+](=O)[O-])c1. The molecule has 0 saturated carbocycles. The van der Waals surface area contributed by atoms with E-state index in [2.05, 4.69) is 11.4 Å². The molecule has 17 heavy (non-hydrogen) atoms. The first-order valence-electron chi connectivity index (χ1n) is 5.51. The minimum Gasteiger partial charge on any atom is -0.365 e. The van der Waals surface area contributed by atoms with Crippen LogP contribution in [0.1, 0.15) is 11.1 Å². The van der Waals surface area contributed by atoms with Crippen molar-refractivity contribution in [2.75, 3.05) is 18.0 Å². The molecule has 5 heteroatoms. The summed E-state index contributed by atoms with van der Waals surface area (Å²) in [4.78, 5) is 12.0. The highest BCUT2D eigenvalue weighted by Crippen LogP contribution is 2.23. The van der Waals surface area contributed by atoms with E-state index >= 15 is 0 Å². The molecule has 1 fully saturated rings. The third-order valence-corrected chi connectivity index (χ3v) is 2.68. The van der Waals surface area contributed by atoms with Gasteiger partial charge in [0.1, 0.15) is 0 Å². The van der Waals surface area contributed by atoms with Gasteiger partial charge in [0.2, 0.25) is 0 Å². The second kappa shape index (κ2) is 4.45. The molecule has 1 N–H and O–H groups in total. The van der Waals surface area contributed by atoms with Crippen molar-refractivity contribution >= 4 is 5.69 Å². The molecular weight excluding hydrogens is 218 g/mol. The van der Waals surface area contributed by atoms with Crippen LogP contribution in [0.15, 0.2) is 30.2 Å². The Morgan fingerprint density at radius 1 is 1.35 bits per heavy atom. The number of nitro groups is 1. The molecule has 0 bridgehead atoms. The molecule has 0 aromatic heterocycles. The van der Waals surface area contributed by atoms with Gasteiger partial charge in [-0.25, -0.2) is 0 Å².